The molecule has 2 aromatic heterocycles. The number of fused-ring (bicyclic) bond motifs is 3. The average Bonchev–Trinajstić information content (AvgIpc) is 2.59. The zero-order chi connectivity index (χ0) is 9.54. The predicted molar refractivity (Wildman–Crippen MR) is 69.8 cm³/mol. The van der Waals surface area contributed by atoms with Crippen molar-refractivity contribution in [1.82, 2.24) is 4.98 Å². The molecule has 1 aromatic carbocycles. The molecule has 0 bridgehead atoms. The van der Waals surface area contributed by atoms with Gasteiger partial charge in [0, 0.05) is 20.5 Å². The number of aromatic nitrogens is 1. The second kappa shape index (κ2) is 3.17. The fourth-order valence-corrected chi connectivity index (χ4v) is 3.48. The maximum atomic E-state index is 4.37. The Morgan fingerprint density at radius 2 is 1.93 bits per heavy atom. The summed E-state index contributed by atoms with van der Waals surface area (Å²) in [4.78, 5) is 5.51. The molecule has 0 atom stereocenters. The van der Waals surface area contributed by atoms with Crippen LogP contribution in [0.4, 0.5) is 0 Å². The minimum Gasteiger partial charge on any atom is -0.245 e. The van der Waals surface area contributed by atoms with Gasteiger partial charge in [-0.1, -0.05) is 12.1 Å². The molecular formula is C11H6INS. The maximum Gasteiger partial charge on any atom is 0.124 e. The zero-order valence-electron chi connectivity index (χ0n) is 7.20. The minimum atomic E-state index is 1.13. The molecule has 3 heteroatoms. The Morgan fingerprint density at radius 1 is 1.07 bits per heavy atom. The van der Waals surface area contributed by atoms with Gasteiger partial charge in [-0.05, 0) is 40.8 Å². The Hall–Kier alpha value is -0.680. The van der Waals surface area contributed by atoms with Gasteiger partial charge in [-0.2, -0.15) is 0 Å². The van der Waals surface area contributed by atoms with Gasteiger partial charge in [0.05, 0.1) is 4.70 Å². The first-order valence-electron chi connectivity index (χ1n) is 4.28. The van der Waals surface area contributed by atoms with E-state index in [9.17, 15) is 0 Å². The van der Waals surface area contributed by atoms with Crippen molar-refractivity contribution in [3.05, 3.63) is 40.1 Å². The van der Waals surface area contributed by atoms with Gasteiger partial charge in [0.2, 0.25) is 0 Å². The van der Waals surface area contributed by atoms with E-state index in [1.807, 2.05) is 12.3 Å². The summed E-state index contributed by atoms with van der Waals surface area (Å²) in [5.41, 5.74) is 0. The van der Waals surface area contributed by atoms with Crippen molar-refractivity contribution in [2.45, 2.75) is 0 Å². The molecule has 0 unspecified atom stereocenters. The van der Waals surface area contributed by atoms with Crippen LogP contribution < -0.4 is 0 Å². The van der Waals surface area contributed by atoms with Gasteiger partial charge in [-0.25, -0.2) is 4.98 Å². The van der Waals surface area contributed by atoms with E-state index >= 15 is 0 Å². The second-order valence-electron chi connectivity index (χ2n) is 3.07. The first kappa shape index (κ1) is 8.61. The topological polar surface area (TPSA) is 12.9 Å². The van der Waals surface area contributed by atoms with Crippen LogP contribution in [0.25, 0.3) is 20.3 Å². The quantitative estimate of drug-likeness (QED) is 0.571. The van der Waals surface area contributed by atoms with Gasteiger partial charge in [-0.15, -0.1) is 11.3 Å². The van der Waals surface area contributed by atoms with Crippen LogP contribution in [0.5, 0.6) is 0 Å². The van der Waals surface area contributed by atoms with E-state index in [4.69, 9.17) is 0 Å². The fourth-order valence-electron chi connectivity index (χ4n) is 1.60. The van der Waals surface area contributed by atoms with Crippen molar-refractivity contribution in [2.24, 2.45) is 0 Å². The van der Waals surface area contributed by atoms with Crippen molar-refractivity contribution >= 4 is 54.2 Å². The van der Waals surface area contributed by atoms with Crippen LogP contribution in [-0.2, 0) is 0 Å². The monoisotopic (exact) mass is 311 g/mol. The Morgan fingerprint density at radius 3 is 2.86 bits per heavy atom. The lowest BCUT2D eigenvalue weighted by molar-refractivity contribution is 1.45. The van der Waals surface area contributed by atoms with Gasteiger partial charge >= 0.3 is 0 Å². The van der Waals surface area contributed by atoms with E-state index in [2.05, 4.69) is 51.8 Å². The molecule has 0 saturated carbocycles. The SMILES string of the molecule is Ic1cccc2c1sc1ncccc12. The van der Waals surface area contributed by atoms with Crippen molar-refractivity contribution in [3.63, 3.8) is 0 Å². The number of thiophene rings is 1. The summed E-state index contributed by atoms with van der Waals surface area (Å²) in [6.45, 7) is 0. The Labute approximate surface area is 98.9 Å². The molecule has 0 spiro atoms. The van der Waals surface area contributed by atoms with E-state index in [1.165, 1.54) is 19.0 Å². The number of benzene rings is 1. The summed E-state index contributed by atoms with van der Waals surface area (Å²) in [7, 11) is 0. The second-order valence-corrected chi connectivity index (χ2v) is 5.24. The molecule has 1 nitrogen and oxygen atoms in total. The highest BCUT2D eigenvalue weighted by molar-refractivity contribution is 14.1. The third-order valence-corrected chi connectivity index (χ3v) is 4.65. The van der Waals surface area contributed by atoms with Gasteiger partial charge in [0.15, 0.2) is 0 Å². The summed E-state index contributed by atoms with van der Waals surface area (Å²) in [6.07, 6.45) is 1.85. The van der Waals surface area contributed by atoms with E-state index in [1.54, 1.807) is 11.3 Å². The Kier molecular flexibility index (Phi) is 1.95. The molecule has 0 fully saturated rings. The number of hydrogen-bond acceptors (Lipinski definition) is 2. The van der Waals surface area contributed by atoms with Gasteiger partial charge < -0.3 is 0 Å². The molecule has 0 aliphatic heterocycles. The fraction of sp³-hybridized carbons (Fsp3) is 0. The lowest BCUT2D eigenvalue weighted by Crippen LogP contribution is -1.70. The molecular weight excluding hydrogens is 305 g/mol. The Balaban J connectivity index is 2.63. The van der Waals surface area contributed by atoms with Crippen LogP contribution in [0.1, 0.15) is 0 Å². The van der Waals surface area contributed by atoms with Gasteiger partial charge in [0.25, 0.3) is 0 Å². The van der Waals surface area contributed by atoms with Crippen molar-refractivity contribution < 1.29 is 0 Å². The van der Waals surface area contributed by atoms with Crippen LogP contribution in [0.15, 0.2) is 36.5 Å². The summed E-state index contributed by atoms with van der Waals surface area (Å²) < 4.78 is 2.66. The standard InChI is InChI=1S/C11H6INS/c12-9-5-1-3-7-8-4-2-6-13-11(8)14-10(7)9/h1-6H. The summed E-state index contributed by atoms with van der Waals surface area (Å²) in [6, 6.07) is 10.5. The normalized spacial score (nSPS) is 11.2. The number of halogens is 1. The number of pyridine rings is 1. The van der Waals surface area contributed by atoms with Crippen molar-refractivity contribution in [2.75, 3.05) is 0 Å². The lowest BCUT2D eigenvalue weighted by atomic mass is 10.2. The third-order valence-electron chi connectivity index (χ3n) is 2.23. The molecule has 0 amide bonds. The zero-order valence-corrected chi connectivity index (χ0v) is 10.2. The predicted octanol–water partition coefficient (Wildman–Crippen LogP) is 4.05. The van der Waals surface area contributed by atoms with E-state index in [-0.39, 0.29) is 0 Å². The third kappa shape index (κ3) is 1.15. The number of nitrogens with zero attached hydrogens (tertiary/aromatic N) is 1. The molecule has 0 N–H and O–H groups in total. The van der Waals surface area contributed by atoms with E-state index < -0.39 is 0 Å². The first-order valence-corrected chi connectivity index (χ1v) is 6.17. The molecule has 0 radical (unpaired) electrons. The minimum absolute atomic E-state index is 1.13. The number of rotatable bonds is 0. The first-order chi connectivity index (χ1) is 6.86. The molecule has 68 valence electrons. The van der Waals surface area contributed by atoms with Crippen LogP contribution in [0.3, 0.4) is 0 Å². The summed E-state index contributed by atoms with van der Waals surface area (Å²) in [5.74, 6) is 0. The van der Waals surface area contributed by atoms with Crippen LogP contribution in [-0.4, -0.2) is 4.98 Å². The Bertz CT molecular complexity index is 615. The highest BCUT2D eigenvalue weighted by Gasteiger charge is 2.06. The molecule has 14 heavy (non-hydrogen) atoms. The van der Waals surface area contributed by atoms with Crippen LogP contribution in [0, 0.1) is 3.57 Å². The van der Waals surface area contributed by atoms with Crippen LogP contribution in [0.2, 0.25) is 0 Å². The van der Waals surface area contributed by atoms with Crippen LogP contribution >= 0.6 is 33.9 Å². The van der Waals surface area contributed by atoms with Gasteiger partial charge in [0.1, 0.15) is 4.83 Å². The highest BCUT2D eigenvalue weighted by atomic mass is 127. The van der Waals surface area contributed by atoms with E-state index in [0.717, 1.165) is 4.83 Å². The maximum absolute atomic E-state index is 4.37. The molecule has 3 rings (SSSR count). The number of hydrogen-bond donors (Lipinski definition) is 0. The molecule has 0 aliphatic carbocycles. The highest BCUT2D eigenvalue weighted by Crippen LogP contribution is 2.34. The molecule has 3 aromatic rings. The molecule has 0 saturated heterocycles. The molecule has 0 aliphatic rings. The van der Waals surface area contributed by atoms with Crippen molar-refractivity contribution in [1.29, 1.82) is 0 Å². The van der Waals surface area contributed by atoms with E-state index in [0.29, 0.717) is 0 Å². The largest absolute Gasteiger partial charge is 0.245 e. The smallest absolute Gasteiger partial charge is 0.124 e. The summed E-state index contributed by atoms with van der Waals surface area (Å²) >= 11 is 4.15. The lowest BCUT2D eigenvalue weighted by Gasteiger charge is -1.91. The average molecular weight is 311 g/mol. The molecule has 2 heterocycles. The van der Waals surface area contributed by atoms with Gasteiger partial charge in [-0.3, -0.25) is 0 Å². The summed E-state index contributed by atoms with van der Waals surface area (Å²) in [5, 5.41) is 2.59. The van der Waals surface area contributed by atoms with Crippen molar-refractivity contribution in [3.8, 4) is 0 Å².